The topological polar surface area (TPSA) is 64.7 Å². The van der Waals surface area contributed by atoms with E-state index in [1.54, 1.807) is 6.08 Å². The van der Waals surface area contributed by atoms with E-state index in [4.69, 9.17) is 0 Å². The summed E-state index contributed by atoms with van der Waals surface area (Å²) >= 11 is 0. The van der Waals surface area contributed by atoms with Crippen molar-refractivity contribution in [3.8, 4) is 0 Å². The molecule has 1 heterocycles. The normalized spacial score (nSPS) is 16.3. The molecule has 0 aromatic heterocycles. The number of carbonyl (C=O) groups excluding carboxylic acids is 2. The van der Waals surface area contributed by atoms with Crippen LogP contribution >= 0.6 is 0 Å². The van der Waals surface area contributed by atoms with Crippen LogP contribution in [-0.2, 0) is 16.1 Å². The molecule has 0 radical (unpaired) electrons. The van der Waals surface area contributed by atoms with E-state index in [-0.39, 0.29) is 23.3 Å². The van der Waals surface area contributed by atoms with Gasteiger partial charge in [0.05, 0.1) is 0 Å². The molecule has 6 heteroatoms. The summed E-state index contributed by atoms with van der Waals surface area (Å²) < 4.78 is 0. The van der Waals surface area contributed by atoms with Crippen LogP contribution in [-0.4, -0.2) is 60.9 Å². The number of likely N-dealkylation sites (N-methyl/N-ethyl adjacent to an activating group) is 1. The Kier molecular flexibility index (Phi) is 8.41. The molecule has 1 aromatic carbocycles. The van der Waals surface area contributed by atoms with E-state index in [0.29, 0.717) is 0 Å². The van der Waals surface area contributed by atoms with Gasteiger partial charge in [-0.3, -0.25) is 14.5 Å². The second-order valence-electron chi connectivity index (χ2n) is 9.14. The van der Waals surface area contributed by atoms with Crippen LogP contribution in [0.25, 0.3) is 0 Å². The van der Waals surface area contributed by atoms with Crippen LogP contribution in [0.2, 0.25) is 0 Å². The SMILES string of the molecule is CN(C)C/C=C/C(=O)Nc1cccc(CN2CCC(C(=O)NC(C)(C)C)CC2)c1. The Morgan fingerprint density at radius 1 is 1.21 bits per heavy atom. The highest BCUT2D eigenvalue weighted by Crippen LogP contribution is 2.21. The standard InChI is InChI=1S/C23H36N4O2/c1-23(2,3)25-22(29)19-11-14-27(15-12-19)17-18-8-6-9-20(16-18)24-21(28)10-7-13-26(4)5/h6-10,16,19H,11-15,17H2,1-5H3,(H,24,28)(H,25,29)/b10-7+. The molecule has 0 spiro atoms. The number of likely N-dealkylation sites (tertiary alicyclic amines) is 1. The molecule has 2 N–H and O–H groups in total. The molecule has 1 aliphatic rings. The summed E-state index contributed by atoms with van der Waals surface area (Å²) in [5, 5.41) is 6.02. The van der Waals surface area contributed by atoms with E-state index in [1.165, 1.54) is 0 Å². The molecule has 1 fully saturated rings. The van der Waals surface area contributed by atoms with E-state index in [9.17, 15) is 9.59 Å². The summed E-state index contributed by atoms with van der Waals surface area (Å²) in [6.45, 7) is 9.43. The Bertz CT molecular complexity index is 714. The second-order valence-corrected chi connectivity index (χ2v) is 9.14. The maximum Gasteiger partial charge on any atom is 0.248 e. The van der Waals surface area contributed by atoms with Crippen LogP contribution < -0.4 is 10.6 Å². The lowest BCUT2D eigenvalue weighted by Gasteiger charge is -2.33. The minimum absolute atomic E-state index is 0.102. The zero-order valence-corrected chi connectivity index (χ0v) is 18.5. The van der Waals surface area contributed by atoms with E-state index < -0.39 is 0 Å². The molecular weight excluding hydrogens is 364 g/mol. The van der Waals surface area contributed by atoms with Gasteiger partial charge >= 0.3 is 0 Å². The van der Waals surface area contributed by atoms with Crippen molar-refractivity contribution >= 4 is 17.5 Å². The van der Waals surface area contributed by atoms with E-state index >= 15 is 0 Å². The van der Waals surface area contributed by atoms with Crippen LogP contribution in [0.4, 0.5) is 5.69 Å². The minimum atomic E-state index is -0.180. The molecule has 0 saturated carbocycles. The number of anilines is 1. The number of rotatable bonds is 7. The van der Waals surface area contributed by atoms with Gasteiger partial charge in [0.25, 0.3) is 0 Å². The fourth-order valence-corrected chi connectivity index (χ4v) is 3.39. The lowest BCUT2D eigenvalue weighted by atomic mass is 9.94. The molecule has 1 aromatic rings. The van der Waals surface area contributed by atoms with Crippen molar-refractivity contribution in [3.05, 3.63) is 42.0 Å². The van der Waals surface area contributed by atoms with E-state index in [0.717, 1.165) is 50.3 Å². The summed E-state index contributed by atoms with van der Waals surface area (Å²) in [6, 6.07) is 7.98. The summed E-state index contributed by atoms with van der Waals surface area (Å²) in [5.74, 6) is 0.156. The number of nitrogens with one attached hydrogen (secondary N) is 2. The fourth-order valence-electron chi connectivity index (χ4n) is 3.39. The van der Waals surface area contributed by atoms with Crippen molar-refractivity contribution in [2.75, 3.05) is 39.0 Å². The Hall–Kier alpha value is -2.18. The summed E-state index contributed by atoms with van der Waals surface area (Å²) in [6.07, 6.45) is 5.18. The molecule has 2 rings (SSSR count). The Labute approximate surface area is 175 Å². The second kappa shape index (κ2) is 10.6. The molecule has 0 bridgehead atoms. The predicted octanol–water partition coefficient (Wildman–Crippen LogP) is 2.87. The summed E-state index contributed by atoms with van der Waals surface area (Å²) in [4.78, 5) is 28.8. The van der Waals surface area contributed by atoms with E-state index in [2.05, 4.69) is 21.6 Å². The first-order valence-electron chi connectivity index (χ1n) is 10.4. The quantitative estimate of drug-likeness (QED) is 0.691. The summed E-state index contributed by atoms with van der Waals surface area (Å²) in [7, 11) is 3.93. The van der Waals surface area contributed by atoms with Crippen LogP contribution in [0, 0.1) is 5.92 Å². The van der Waals surface area contributed by atoms with Gasteiger partial charge in [0.15, 0.2) is 0 Å². The average Bonchev–Trinajstić information content (AvgIpc) is 2.61. The molecule has 0 aliphatic carbocycles. The van der Waals surface area contributed by atoms with E-state index in [1.807, 2.05) is 64.0 Å². The minimum Gasteiger partial charge on any atom is -0.351 e. The van der Waals surface area contributed by atoms with Crippen LogP contribution in [0.3, 0.4) is 0 Å². The third-order valence-electron chi connectivity index (χ3n) is 4.80. The first-order valence-corrected chi connectivity index (χ1v) is 10.4. The zero-order chi connectivity index (χ0) is 21.4. The zero-order valence-electron chi connectivity index (χ0n) is 18.5. The van der Waals surface area contributed by atoms with Crippen molar-refractivity contribution in [1.29, 1.82) is 0 Å². The third kappa shape index (κ3) is 8.79. The highest BCUT2D eigenvalue weighted by Gasteiger charge is 2.27. The number of hydrogen-bond acceptors (Lipinski definition) is 4. The Morgan fingerprint density at radius 3 is 2.52 bits per heavy atom. The number of carbonyl (C=O) groups is 2. The number of nitrogens with zero attached hydrogens (tertiary/aromatic N) is 2. The fraction of sp³-hybridized carbons (Fsp3) is 0.565. The molecule has 2 amide bonds. The van der Waals surface area contributed by atoms with Crippen LogP contribution in [0.5, 0.6) is 0 Å². The lowest BCUT2D eigenvalue weighted by molar-refractivity contribution is -0.128. The summed E-state index contributed by atoms with van der Waals surface area (Å²) in [5.41, 5.74) is 1.79. The van der Waals surface area contributed by atoms with Gasteiger partial charge in [-0.15, -0.1) is 0 Å². The van der Waals surface area contributed by atoms with Crippen LogP contribution in [0.1, 0.15) is 39.2 Å². The van der Waals surface area contributed by atoms with Crippen molar-refractivity contribution in [3.63, 3.8) is 0 Å². The molecule has 0 unspecified atom stereocenters. The lowest BCUT2D eigenvalue weighted by Crippen LogP contribution is -2.46. The average molecular weight is 401 g/mol. The first-order chi connectivity index (χ1) is 13.6. The third-order valence-corrected chi connectivity index (χ3v) is 4.80. The maximum atomic E-state index is 12.4. The molecule has 160 valence electrons. The Balaban J connectivity index is 1.83. The molecule has 1 saturated heterocycles. The van der Waals surface area contributed by atoms with Gasteiger partial charge in [0, 0.05) is 36.3 Å². The first kappa shape index (κ1) is 23.1. The molecule has 1 aliphatic heterocycles. The predicted molar refractivity (Wildman–Crippen MR) is 119 cm³/mol. The van der Waals surface area contributed by atoms with Gasteiger partial charge < -0.3 is 15.5 Å². The Morgan fingerprint density at radius 2 is 1.90 bits per heavy atom. The molecular formula is C23H36N4O2. The van der Waals surface area contributed by atoms with Gasteiger partial charge in [-0.2, -0.15) is 0 Å². The molecule has 0 atom stereocenters. The number of hydrogen-bond donors (Lipinski definition) is 2. The van der Waals surface area contributed by atoms with Gasteiger partial charge in [-0.25, -0.2) is 0 Å². The number of piperidine rings is 1. The molecule has 6 nitrogen and oxygen atoms in total. The highest BCUT2D eigenvalue weighted by molar-refractivity contribution is 5.99. The van der Waals surface area contributed by atoms with Crippen molar-refractivity contribution in [2.24, 2.45) is 5.92 Å². The largest absolute Gasteiger partial charge is 0.351 e. The van der Waals surface area contributed by atoms with Crippen LogP contribution in [0.15, 0.2) is 36.4 Å². The van der Waals surface area contributed by atoms with Gasteiger partial charge in [-0.05, 0) is 78.5 Å². The number of benzene rings is 1. The van der Waals surface area contributed by atoms with Crippen molar-refractivity contribution in [1.82, 2.24) is 15.1 Å². The molecule has 29 heavy (non-hydrogen) atoms. The maximum absolute atomic E-state index is 12.4. The highest BCUT2D eigenvalue weighted by atomic mass is 16.2. The van der Waals surface area contributed by atoms with Gasteiger partial charge in [-0.1, -0.05) is 18.2 Å². The number of amides is 2. The van der Waals surface area contributed by atoms with Crippen molar-refractivity contribution < 1.29 is 9.59 Å². The van der Waals surface area contributed by atoms with Crippen molar-refractivity contribution in [2.45, 2.75) is 45.7 Å². The van der Waals surface area contributed by atoms with Gasteiger partial charge in [0.2, 0.25) is 11.8 Å². The smallest absolute Gasteiger partial charge is 0.248 e. The van der Waals surface area contributed by atoms with Gasteiger partial charge in [0.1, 0.15) is 0 Å². The monoisotopic (exact) mass is 400 g/mol.